The Morgan fingerprint density at radius 1 is 0.467 bits per heavy atom. The molecule has 0 spiro atoms. The van der Waals surface area contributed by atoms with Crippen LogP contribution in [-0.2, 0) is 14.4 Å². The van der Waals surface area contributed by atoms with Gasteiger partial charge in [0.2, 0.25) is 0 Å². The first kappa shape index (κ1) is 43.1. The summed E-state index contributed by atoms with van der Waals surface area (Å²) in [6.07, 6.45) is 30.7. The van der Waals surface area contributed by atoms with E-state index in [4.69, 9.17) is 0 Å². The number of allylic oxidation sites excluding steroid dienone is 2. The number of nitrogens with zero attached hydrogens (tertiary/aromatic N) is 1. The van der Waals surface area contributed by atoms with Gasteiger partial charge in [-0.1, -0.05) is 130 Å². The van der Waals surface area contributed by atoms with Gasteiger partial charge in [-0.15, -0.1) is 0 Å². The van der Waals surface area contributed by atoms with Crippen LogP contribution < -0.4 is 0 Å². The van der Waals surface area contributed by atoms with Crippen molar-refractivity contribution in [2.45, 2.75) is 169 Å². The van der Waals surface area contributed by atoms with Gasteiger partial charge in [0, 0.05) is 19.3 Å². The molecule has 0 aromatic rings. The van der Waals surface area contributed by atoms with E-state index in [9.17, 15) is 29.7 Å². The van der Waals surface area contributed by atoms with Crippen LogP contribution in [0.2, 0.25) is 0 Å². The van der Waals surface area contributed by atoms with Crippen molar-refractivity contribution < 1.29 is 34.2 Å². The fourth-order valence-electron chi connectivity index (χ4n) is 6.09. The van der Waals surface area contributed by atoms with E-state index >= 15 is 0 Å². The SMILES string of the molecule is CC/C=C/CCCCCCCCCCCCCCCCCCC[N+](CCC(C)C(=O)O)(CCC(C)C(=O)O)CCC(C)C(=O)O. The first-order valence-electron chi connectivity index (χ1n) is 18.7. The van der Waals surface area contributed by atoms with Gasteiger partial charge in [-0.2, -0.15) is 0 Å². The summed E-state index contributed by atoms with van der Waals surface area (Å²) in [5, 5.41) is 28.4. The van der Waals surface area contributed by atoms with Gasteiger partial charge in [0.15, 0.2) is 0 Å². The minimum Gasteiger partial charge on any atom is -0.481 e. The highest BCUT2D eigenvalue weighted by Gasteiger charge is 2.31. The molecular formula is C38H72NO6+. The van der Waals surface area contributed by atoms with Crippen molar-refractivity contribution in [1.29, 1.82) is 0 Å². The molecule has 7 heteroatoms. The van der Waals surface area contributed by atoms with Crippen LogP contribution in [-0.4, -0.2) is 63.9 Å². The summed E-state index contributed by atoms with van der Waals surface area (Å²) in [5.41, 5.74) is 0. The van der Waals surface area contributed by atoms with Crippen LogP contribution in [0.3, 0.4) is 0 Å². The average molecular weight is 639 g/mol. The lowest BCUT2D eigenvalue weighted by Gasteiger charge is -2.40. The molecule has 7 nitrogen and oxygen atoms in total. The Morgan fingerprint density at radius 2 is 0.756 bits per heavy atom. The maximum absolute atomic E-state index is 11.5. The standard InChI is InChI=1S/C38H71NO6/c1-5-6-7-8-9-10-11-12-13-14-15-16-17-18-19-20-21-22-23-24-25-29-39(30-26-33(2)36(40)41,31-27-34(3)37(42)43)32-28-35(4)38(44)45/h6-7,33-35H,5,8-32H2,1-4H3,(H2-,40,41,42,43,44,45)/p+1/b7-6+. The molecule has 3 atom stereocenters. The van der Waals surface area contributed by atoms with Crippen LogP contribution in [0.5, 0.6) is 0 Å². The molecule has 0 aromatic heterocycles. The highest BCUT2D eigenvalue weighted by molar-refractivity contribution is 5.70. The number of aliphatic carboxylic acids is 3. The van der Waals surface area contributed by atoms with Crippen molar-refractivity contribution in [3.05, 3.63) is 12.2 Å². The van der Waals surface area contributed by atoms with Gasteiger partial charge in [-0.3, -0.25) is 14.4 Å². The molecule has 0 aromatic carbocycles. The first-order valence-corrected chi connectivity index (χ1v) is 18.7. The molecule has 0 radical (unpaired) electrons. The molecule has 0 heterocycles. The summed E-state index contributed by atoms with van der Waals surface area (Å²) in [7, 11) is 0. The molecule has 0 saturated heterocycles. The van der Waals surface area contributed by atoms with Gasteiger partial charge >= 0.3 is 17.9 Å². The monoisotopic (exact) mass is 639 g/mol. The Morgan fingerprint density at radius 3 is 1.04 bits per heavy atom. The van der Waals surface area contributed by atoms with Crippen LogP contribution in [0.4, 0.5) is 0 Å². The lowest BCUT2D eigenvalue weighted by Crippen LogP contribution is -2.52. The van der Waals surface area contributed by atoms with Crippen molar-refractivity contribution >= 4 is 17.9 Å². The van der Waals surface area contributed by atoms with Crippen LogP contribution in [0.25, 0.3) is 0 Å². The number of carboxylic acids is 3. The minimum absolute atomic E-state index is 0.478. The first-order chi connectivity index (χ1) is 21.5. The Bertz CT molecular complexity index is 722. The zero-order chi connectivity index (χ0) is 33.8. The third kappa shape index (κ3) is 24.9. The van der Waals surface area contributed by atoms with E-state index in [1.807, 2.05) is 0 Å². The number of unbranched alkanes of at least 4 members (excludes halogenated alkanes) is 17. The summed E-state index contributed by atoms with van der Waals surface area (Å²) in [5.74, 6) is -3.90. The smallest absolute Gasteiger partial charge is 0.306 e. The number of hydrogen-bond donors (Lipinski definition) is 3. The van der Waals surface area contributed by atoms with E-state index in [0.29, 0.717) is 43.4 Å². The van der Waals surface area contributed by atoms with Crippen molar-refractivity contribution in [3.8, 4) is 0 Å². The Hall–Kier alpha value is -1.89. The van der Waals surface area contributed by atoms with E-state index < -0.39 is 35.7 Å². The van der Waals surface area contributed by atoms with E-state index in [1.54, 1.807) is 20.8 Å². The highest BCUT2D eigenvalue weighted by Crippen LogP contribution is 2.22. The molecule has 264 valence electrons. The molecule has 0 saturated carbocycles. The second-order valence-corrected chi connectivity index (χ2v) is 14.0. The quantitative estimate of drug-likeness (QED) is 0.0375. The van der Waals surface area contributed by atoms with Crippen molar-refractivity contribution in [2.75, 3.05) is 26.2 Å². The Kier molecular flexibility index (Phi) is 27.2. The summed E-state index contributed by atoms with van der Waals surface area (Å²) < 4.78 is 0.615. The normalized spacial score (nSPS) is 15.1. The lowest BCUT2D eigenvalue weighted by molar-refractivity contribution is -0.929. The molecule has 3 N–H and O–H groups in total. The molecule has 0 aliphatic carbocycles. The third-order valence-electron chi connectivity index (χ3n) is 9.78. The summed E-state index contributed by atoms with van der Waals surface area (Å²) in [6, 6.07) is 0. The molecule has 0 aliphatic rings. The summed E-state index contributed by atoms with van der Waals surface area (Å²) in [4.78, 5) is 34.6. The van der Waals surface area contributed by atoms with Gasteiger partial charge in [-0.05, 0) is 32.1 Å². The van der Waals surface area contributed by atoms with Crippen LogP contribution >= 0.6 is 0 Å². The van der Waals surface area contributed by atoms with E-state index in [2.05, 4.69) is 19.1 Å². The number of quaternary nitrogens is 1. The largest absolute Gasteiger partial charge is 0.481 e. The highest BCUT2D eigenvalue weighted by atomic mass is 16.4. The topological polar surface area (TPSA) is 112 Å². The number of hydrogen-bond acceptors (Lipinski definition) is 3. The third-order valence-corrected chi connectivity index (χ3v) is 9.78. The van der Waals surface area contributed by atoms with Gasteiger partial charge in [0.25, 0.3) is 0 Å². The fraction of sp³-hybridized carbons (Fsp3) is 0.868. The van der Waals surface area contributed by atoms with Crippen molar-refractivity contribution in [3.63, 3.8) is 0 Å². The van der Waals surface area contributed by atoms with E-state index in [-0.39, 0.29) is 0 Å². The van der Waals surface area contributed by atoms with Gasteiger partial charge in [0.1, 0.15) is 0 Å². The second kappa shape index (κ2) is 28.3. The molecule has 0 rings (SSSR count). The maximum atomic E-state index is 11.5. The van der Waals surface area contributed by atoms with Gasteiger partial charge in [-0.25, -0.2) is 0 Å². The molecule has 0 aliphatic heterocycles. The summed E-state index contributed by atoms with van der Waals surface area (Å²) >= 11 is 0. The predicted molar refractivity (Wildman–Crippen MR) is 187 cm³/mol. The zero-order valence-electron chi connectivity index (χ0n) is 29.8. The molecule has 3 unspecified atom stereocenters. The predicted octanol–water partition coefficient (Wildman–Crippen LogP) is 10.1. The second-order valence-electron chi connectivity index (χ2n) is 14.0. The Labute approximate surface area is 276 Å². The molecule has 0 fully saturated rings. The van der Waals surface area contributed by atoms with Gasteiger partial charge < -0.3 is 19.8 Å². The molecular weight excluding hydrogens is 566 g/mol. The van der Waals surface area contributed by atoms with Crippen LogP contribution in [0.1, 0.15) is 169 Å². The number of carboxylic acid groups (broad SMARTS) is 3. The average Bonchev–Trinajstić information content (AvgIpc) is 3.01. The van der Waals surface area contributed by atoms with Gasteiger partial charge in [0.05, 0.1) is 43.9 Å². The van der Waals surface area contributed by atoms with E-state index in [1.165, 1.54) is 103 Å². The van der Waals surface area contributed by atoms with Crippen LogP contribution in [0.15, 0.2) is 12.2 Å². The lowest BCUT2D eigenvalue weighted by atomic mass is 10.0. The van der Waals surface area contributed by atoms with Crippen LogP contribution in [0, 0.1) is 17.8 Å². The number of rotatable bonds is 33. The minimum atomic E-state index is -0.821. The van der Waals surface area contributed by atoms with Crippen molar-refractivity contribution in [2.24, 2.45) is 17.8 Å². The molecule has 0 bridgehead atoms. The Balaban J connectivity index is 4.31. The zero-order valence-corrected chi connectivity index (χ0v) is 29.8. The van der Waals surface area contributed by atoms with E-state index in [0.717, 1.165) is 25.8 Å². The molecule has 0 amide bonds. The fourth-order valence-corrected chi connectivity index (χ4v) is 6.09. The van der Waals surface area contributed by atoms with Crippen molar-refractivity contribution in [1.82, 2.24) is 0 Å². The molecule has 45 heavy (non-hydrogen) atoms. The summed E-state index contributed by atoms with van der Waals surface area (Å²) in [6.45, 7) is 10.1. The number of carbonyl (C=O) groups is 3. The maximum Gasteiger partial charge on any atom is 0.306 e.